The molecule has 1 saturated heterocycles. The van der Waals surface area contributed by atoms with E-state index in [0.717, 1.165) is 0 Å². The van der Waals surface area contributed by atoms with Gasteiger partial charge in [-0.2, -0.15) is 0 Å². The van der Waals surface area contributed by atoms with Gasteiger partial charge in [-0.05, 0) is 0 Å². The standard InChI is InChI=1S/C8H16N2O5/c1-3(11)10-5-7(13)6(12)4(2-9)15-8(5)14/h4-8,12-14H,2,9H2,1H3,(H,10,11). The summed E-state index contributed by atoms with van der Waals surface area (Å²) in [5.41, 5.74) is 5.27. The van der Waals surface area contributed by atoms with Crippen LogP contribution in [0.5, 0.6) is 0 Å². The molecule has 0 aliphatic carbocycles. The number of amides is 1. The Hall–Kier alpha value is -0.730. The van der Waals surface area contributed by atoms with Crippen molar-refractivity contribution in [3.05, 3.63) is 0 Å². The first-order valence-corrected chi connectivity index (χ1v) is 4.64. The number of hydrogen-bond acceptors (Lipinski definition) is 6. The first kappa shape index (κ1) is 12.3. The summed E-state index contributed by atoms with van der Waals surface area (Å²) in [6.07, 6.45) is -4.73. The molecule has 7 heteroatoms. The van der Waals surface area contributed by atoms with Gasteiger partial charge >= 0.3 is 0 Å². The third-order valence-electron chi connectivity index (χ3n) is 2.32. The zero-order valence-electron chi connectivity index (χ0n) is 8.33. The number of aliphatic hydroxyl groups excluding tert-OH is 3. The minimum absolute atomic E-state index is 0.0257. The molecule has 0 aromatic rings. The lowest BCUT2D eigenvalue weighted by Crippen LogP contribution is -2.64. The minimum atomic E-state index is -1.37. The van der Waals surface area contributed by atoms with Crippen molar-refractivity contribution in [2.75, 3.05) is 6.54 Å². The summed E-state index contributed by atoms with van der Waals surface area (Å²) in [6.45, 7) is 1.21. The van der Waals surface area contributed by atoms with Crippen molar-refractivity contribution >= 4 is 5.91 Å². The quantitative estimate of drug-likeness (QED) is 0.335. The maximum atomic E-state index is 10.8. The molecular weight excluding hydrogens is 204 g/mol. The van der Waals surface area contributed by atoms with Crippen LogP contribution in [0.2, 0.25) is 0 Å². The average molecular weight is 220 g/mol. The van der Waals surface area contributed by atoms with Crippen LogP contribution in [-0.2, 0) is 9.53 Å². The minimum Gasteiger partial charge on any atom is -0.388 e. The molecular formula is C8H16N2O5. The van der Waals surface area contributed by atoms with E-state index >= 15 is 0 Å². The van der Waals surface area contributed by atoms with E-state index in [2.05, 4.69) is 5.32 Å². The van der Waals surface area contributed by atoms with Crippen molar-refractivity contribution in [3.8, 4) is 0 Å². The van der Waals surface area contributed by atoms with Crippen molar-refractivity contribution in [3.63, 3.8) is 0 Å². The third kappa shape index (κ3) is 2.64. The third-order valence-corrected chi connectivity index (χ3v) is 2.32. The lowest BCUT2D eigenvalue weighted by Gasteiger charge is -2.40. The Morgan fingerprint density at radius 2 is 2.00 bits per heavy atom. The molecule has 5 unspecified atom stereocenters. The van der Waals surface area contributed by atoms with Crippen LogP contribution in [0.1, 0.15) is 6.92 Å². The van der Waals surface area contributed by atoms with Gasteiger partial charge in [-0.1, -0.05) is 0 Å². The van der Waals surface area contributed by atoms with Crippen molar-refractivity contribution in [1.29, 1.82) is 0 Å². The predicted molar refractivity (Wildman–Crippen MR) is 49.6 cm³/mol. The Bertz CT molecular complexity index is 237. The van der Waals surface area contributed by atoms with Crippen molar-refractivity contribution in [2.24, 2.45) is 5.73 Å². The highest BCUT2D eigenvalue weighted by atomic mass is 16.6. The Morgan fingerprint density at radius 1 is 1.40 bits per heavy atom. The van der Waals surface area contributed by atoms with Gasteiger partial charge < -0.3 is 31.1 Å². The lowest BCUT2D eigenvalue weighted by molar-refractivity contribution is -0.244. The second kappa shape index (κ2) is 4.86. The number of aliphatic hydroxyl groups is 3. The zero-order chi connectivity index (χ0) is 11.6. The van der Waals surface area contributed by atoms with Gasteiger partial charge in [0, 0.05) is 13.5 Å². The second-order valence-electron chi connectivity index (χ2n) is 3.51. The predicted octanol–water partition coefficient (Wildman–Crippen LogP) is -3.11. The van der Waals surface area contributed by atoms with Crippen LogP contribution in [0.25, 0.3) is 0 Å². The molecule has 15 heavy (non-hydrogen) atoms. The van der Waals surface area contributed by atoms with Gasteiger partial charge in [0.05, 0.1) is 0 Å². The Kier molecular flexibility index (Phi) is 4.00. The van der Waals surface area contributed by atoms with Gasteiger partial charge in [-0.25, -0.2) is 0 Å². The first-order chi connectivity index (χ1) is 6.97. The van der Waals surface area contributed by atoms with Crippen LogP contribution in [0.4, 0.5) is 0 Å². The maximum Gasteiger partial charge on any atom is 0.217 e. The van der Waals surface area contributed by atoms with Crippen LogP contribution < -0.4 is 11.1 Å². The smallest absolute Gasteiger partial charge is 0.217 e. The average Bonchev–Trinajstić information content (AvgIpc) is 2.18. The normalized spacial score (nSPS) is 41.3. The Balaban J connectivity index is 2.70. The van der Waals surface area contributed by atoms with E-state index in [1.54, 1.807) is 0 Å². The highest BCUT2D eigenvalue weighted by molar-refractivity contribution is 5.73. The van der Waals surface area contributed by atoms with Gasteiger partial charge in [0.15, 0.2) is 6.29 Å². The molecule has 1 fully saturated rings. The number of carbonyl (C=O) groups excluding carboxylic acids is 1. The fourth-order valence-electron chi connectivity index (χ4n) is 1.53. The van der Waals surface area contributed by atoms with Crippen LogP contribution in [-0.4, -0.2) is 58.4 Å². The number of rotatable bonds is 2. The molecule has 6 N–H and O–H groups in total. The molecule has 0 aromatic heterocycles. The van der Waals surface area contributed by atoms with E-state index in [-0.39, 0.29) is 6.54 Å². The number of hydrogen-bond donors (Lipinski definition) is 5. The van der Waals surface area contributed by atoms with E-state index in [0.29, 0.717) is 0 Å². The fourth-order valence-corrected chi connectivity index (χ4v) is 1.53. The Morgan fingerprint density at radius 3 is 2.47 bits per heavy atom. The Labute approximate surface area is 86.8 Å². The SMILES string of the molecule is CC(=O)NC1C(O)OC(CN)C(O)C1O. The number of ether oxygens (including phenoxy) is 1. The topological polar surface area (TPSA) is 125 Å². The molecule has 1 rings (SSSR count). The molecule has 7 nitrogen and oxygen atoms in total. The molecule has 88 valence electrons. The molecule has 1 aliphatic rings. The van der Waals surface area contributed by atoms with Gasteiger partial charge in [0.25, 0.3) is 0 Å². The van der Waals surface area contributed by atoms with Crippen LogP contribution in [0.3, 0.4) is 0 Å². The highest BCUT2D eigenvalue weighted by Gasteiger charge is 2.43. The van der Waals surface area contributed by atoms with Gasteiger partial charge in [0.1, 0.15) is 24.4 Å². The summed E-state index contributed by atoms with van der Waals surface area (Å²) in [5.74, 6) is -0.430. The summed E-state index contributed by atoms with van der Waals surface area (Å²) in [5, 5.41) is 30.9. The van der Waals surface area contributed by atoms with E-state index < -0.39 is 36.6 Å². The van der Waals surface area contributed by atoms with Gasteiger partial charge in [-0.15, -0.1) is 0 Å². The number of carbonyl (C=O) groups is 1. The maximum absolute atomic E-state index is 10.8. The van der Waals surface area contributed by atoms with Crippen molar-refractivity contribution < 1.29 is 24.9 Å². The van der Waals surface area contributed by atoms with Crippen molar-refractivity contribution in [1.82, 2.24) is 5.32 Å². The zero-order valence-corrected chi connectivity index (χ0v) is 8.33. The molecule has 0 spiro atoms. The van der Waals surface area contributed by atoms with Crippen LogP contribution in [0, 0.1) is 0 Å². The monoisotopic (exact) mass is 220 g/mol. The highest BCUT2D eigenvalue weighted by Crippen LogP contribution is 2.19. The molecule has 5 atom stereocenters. The van der Waals surface area contributed by atoms with Crippen LogP contribution in [0.15, 0.2) is 0 Å². The molecule has 1 aliphatic heterocycles. The summed E-state index contributed by atoms with van der Waals surface area (Å²) < 4.78 is 4.94. The first-order valence-electron chi connectivity index (χ1n) is 4.64. The summed E-state index contributed by atoms with van der Waals surface area (Å²) >= 11 is 0. The molecule has 1 amide bonds. The molecule has 1 heterocycles. The summed E-state index contributed by atoms with van der Waals surface area (Å²) in [6, 6.07) is -1.04. The lowest BCUT2D eigenvalue weighted by atomic mass is 9.97. The van der Waals surface area contributed by atoms with E-state index in [4.69, 9.17) is 10.5 Å². The largest absolute Gasteiger partial charge is 0.388 e. The molecule has 0 saturated carbocycles. The molecule has 0 bridgehead atoms. The summed E-state index contributed by atoms with van der Waals surface area (Å²) in [4.78, 5) is 10.8. The van der Waals surface area contributed by atoms with Gasteiger partial charge in [0.2, 0.25) is 5.91 Å². The van der Waals surface area contributed by atoms with E-state index in [1.807, 2.05) is 0 Å². The number of nitrogens with one attached hydrogen (secondary N) is 1. The fraction of sp³-hybridized carbons (Fsp3) is 0.875. The molecule has 0 aromatic carbocycles. The van der Waals surface area contributed by atoms with Crippen molar-refractivity contribution in [2.45, 2.75) is 37.6 Å². The number of nitrogens with two attached hydrogens (primary N) is 1. The summed E-state index contributed by atoms with van der Waals surface area (Å²) in [7, 11) is 0. The van der Waals surface area contributed by atoms with E-state index in [1.165, 1.54) is 6.92 Å². The van der Waals surface area contributed by atoms with Gasteiger partial charge in [-0.3, -0.25) is 4.79 Å². The second-order valence-corrected chi connectivity index (χ2v) is 3.51. The van der Waals surface area contributed by atoms with Crippen LogP contribution >= 0.6 is 0 Å². The van der Waals surface area contributed by atoms with E-state index in [9.17, 15) is 20.1 Å². The molecule has 0 radical (unpaired) electrons.